The lowest BCUT2D eigenvalue weighted by atomic mass is 9.84. The second-order valence-electron chi connectivity index (χ2n) is 5.65. The molecule has 1 saturated heterocycles. The quantitative estimate of drug-likeness (QED) is 0.912. The van der Waals surface area contributed by atoms with Crippen LogP contribution in [-0.2, 0) is 18.0 Å². The summed E-state index contributed by atoms with van der Waals surface area (Å²) in [5, 5.41) is 10.4. The molecule has 0 radical (unpaired) electrons. The zero-order chi connectivity index (χ0) is 13.2. The number of aliphatic hydroxyl groups is 1. The Morgan fingerprint density at radius 2 is 2.28 bits per heavy atom. The van der Waals surface area contributed by atoms with Crippen LogP contribution < -0.4 is 4.90 Å². The third-order valence-electron chi connectivity index (χ3n) is 3.36. The molecule has 18 heavy (non-hydrogen) atoms. The van der Waals surface area contributed by atoms with Gasteiger partial charge < -0.3 is 14.7 Å². The van der Waals surface area contributed by atoms with Crippen molar-refractivity contribution in [3.05, 3.63) is 10.6 Å². The largest absolute Gasteiger partial charge is 0.391 e. The molecule has 1 aliphatic rings. The van der Waals surface area contributed by atoms with Crippen molar-refractivity contribution in [3.8, 4) is 0 Å². The van der Waals surface area contributed by atoms with Crippen LogP contribution in [0.25, 0.3) is 0 Å². The lowest BCUT2D eigenvalue weighted by Gasteiger charge is -2.37. The summed E-state index contributed by atoms with van der Waals surface area (Å²) in [6, 6.07) is 0. The standard InChI is InChI=1S/C13H22N2O2S/c1-13(2)5-4-6-15(9-13)12-14-10(8-17-3)11(7-16)18-12/h16H,4-9H2,1-3H3. The van der Waals surface area contributed by atoms with Crippen molar-refractivity contribution >= 4 is 16.5 Å². The number of thiazole rings is 1. The van der Waals surface area contributed by atoms with Gasteiger partial charge in [-0.25, -0.2) is 4.98 Å². The molecule has 0 saturated carbocycles. The number of ether oxygens (including phenoxy) is 1. The molecule has 2 rings (SSSR count). The van der Waals surface area contributed by atoms with Crippen LogP contribution in [0.1, 0.15) is 37.3 Å². The second kappa shape index (κ2) is 5.55. The van der Waals surface area contributed by atoms with E-state index in [4.69, 9.17) is 4.74 Å². The minimum absolute atomic E-state index is 0.0492. The predicted octanol–water partition coefficient (Wildman–Crippen LogP) is 2.41. The smallest absolute Gasteiger partial charge is 0.185 e. The number of rotatable bonds is 4. The van der Waals surface area contributed by atoms with Crippen LogP contribution in [0.15, 0.2) is 0 Å². The maximum Gasteiger partial charge on any atom is 0.185 e. The fraction of sp³-hybridized carbons (Fsp3) is 0.769. The molecule has 1 aromatic rings. The van der Waals surface area contributed by atoms with E-state index in [9.17, 15) is 5.11 Å². The summed E-state index contributed by atoms with van der Waals surface area (Å²) < 4.78 is 5.13. The van der Waals surface area contributed by atoms with Crippen LogP contribution in [0.5, 0.6) is 0 Å². The third-order valence-corrected chi connectivity index (χ3v) is 4.51. The van der Waals surface area contributed by atoms with Crippen LogP contribution in [0.3, 0.4) is 0 Å². The van der Waals surface area contributed by atoms with Crippen molar-refractivity contribution < 1.29 is 9.84 Å². The van der Waals surface area contributed by atoms with Crippen LogP contribution in [0, 0.1) is 5.41 Å². The van der Waals surface area contributed by atoms with Crippen molar-refractivity contribution in [2.24, 2.45) is 5.41 Å². The van der Waals surface area contributed by atoms with Gasteiger partial charge in [-0.1, -0.05) is 25.2 Å². The fourth-order valence-corrected chi connectivity index (χ4v) is 3.41. The zero-order valence-electron chi connectivity index (χ0n) is 11.4. The highest BCUT2D eigenvalue weighted by atomic mass is 32.1. The van der Waals surface area contributed by atoms with Gasteiger partial charge in [0.25, 0.3) is 0 Å². The van der Waals surface area contributed by atoms with E-state index in [1.165, 1.54) is 12.8 Å². The van der Waals surface area contributed by atoms with E-state index in [1.54, 1.807) is 18.4 Å². The summed E-state index contributed by atoms with van der Waals surface area (Å²) in [6.45, 7) is 7.23. The monoisotopic (exact) mass is 270 g/mol. The molecule has 0 aromatic carbocycles. The Kier molecular flexibility index (Phi) is 4.25. The molecule has 2 heterocycles. The van der Waals surface area contributed by atoms with E-state index in [-0.39, 0.29) is 6.61 Å². The number of methoxy groups -OCH3 is 1. The summed E-state index contributed by atoms with van der Waals surface area (Å²) in [4.78, 5) is 7.89. The van der Waals surface area contributed by atoms with Gasteiger partial charge in [-0.3, -0.25) is 0 Å². The maximum atomic E-state index is 9.36. The molecule has 4 nitrogen and oxygen atoms in total. The molecule has 102 valence electrons. The van der Waals surface area contributed by atoms with Gasteiger partial charge in [-0.05, 0) is 18.3 Å². The molecular weight excluding hydrogens is 248 g/mol. The van der Waals surface area contributed by atoms with Gasteiger partial charge in [0.2, 0.25) is 0 Å². The highest BCUT2D eigenvalue weighted by molar-refractivity contribution is 7.15. The first-order valence-corrected chi connectivity index (χ1v) is 7.21. The molecule has 0 unspecified atom stereocenters. The van der Waals surface area contributed by atoms with Gasteiger partial charge in [0.1, 0.15) is 0 Å². The minimum atomic E-state index is 0.0492. The SMILES string of the molecule is COCc1nc(N2CCCC(C)(C)C2)sc1CO. The third kappa shape index (κ3) is 3.02. The maximum absolute atomic E-state index is 9.36. The normalized spacial score (nSPS) is 19.2. The van der Waals surface area contributed by atoms with E-state index in [0.717, 1.165) is 28.8 Å². The Morgan fingerprint density at radius 3 is 2.89 bits per heavy atom. The summed E-state index contributed by atoms with van der Waals surface area (Å²) in [6.07, 6.45) is 2.48. The average Bonchev–Trinajstić information content (AvgIpc) is 2.71. The first kappa shape index (κ1) is 13.8. The number of hydrogen-bond donors (Lipinski definition) is 1. The van der Waals surface area contributed by atoms with Crippen LogP contribution in [0.4, 0.5) is 5.13 Å². The van der Waals surface area contributed by atoms with Gasteiger partial charge in [0, 0.05) is 20.2 Å². The molecule has 1 aliphatic heterocycles. The lowest BCUT2D eigenvalue weighted by Crippen LogP contribution is -2.40. The Hall–Kier alpha value is -0.650. The number of aromatic nitrogens is 1. The molecule has 5 heteroatoms. The van der Waals surface area contributed by atoms with Crippen molar-refractivity contribution in [3.63, 3.8) is 0 Å². The van der Waals surface area contributed by atoms with E-state index in [1.807, 2.05) is 0 Å². The van der Waals surface area contributed by atoms with Gasteiger partial charge in [0.15, 0.2) is 5.13 Å². The molecule has 0 amide bonds. The first-order valence-electron chi connectivity index (χ1n) is 6.39. The number of aliphatic hydroxyl groups excluding tert-OH is 1. The summed E-state index contributed by atoms with van der Waals surface area (Å²) in [5.41, 5.74) is 1.23. The molecule has 1 fully saturated rings. The first-order chi connectivity index (χ1) is 8.55. The Balaban J connectivity index is 2.17. The van der Waals surface area contributed by atoms with Crippen molar-refractivity contribution in [1.82, 2.24) is 4.98 Å². The highest BCUT2D eigenvalue weighted by Crippen LogP contribution is 2.34. The number of hydrogen-bond acceptors (Lipinski definition) is 5. The molecular formula is C13H22N2O2S. The molecule has 0 aliphatic carbocycles. The highest BCUT2D eigenvalue weighted by Gasteiger charge is 2.28. The molecule has 1 N–H and O–H groups in total. The summed E-state index contributed by atoms with van der Waals surface area (Å²) in [7, 11) is 1.66. The van der Waals surface area contributed by atoms with Gasteiger partial charge in [-0.2, -0.15) is 0 Å². The number of anilines is 1. The fourth-order valence-electron chi connectivity index (χ4n) is 2.46. The summed E-state index contributed by atoms with van der Waals surface area (Å²) >= 11 is 1.59. The summed E-state index contributed by atoms with van der Waals surface area (Å²) in [5.74, 6) is 0. The Labute approximate surface area is 113 Å². The van der Waals surface area contributed by atoms with Gasteiger partial charge >= 0.3 is 0 Å². The van der Waals surface area contributed by atoms with E-state index in [2.05, 4.69) is 23.7 Å². The molecule has 0 spiro atoms. The minimum Gasteiger partial charge on any atom is -0.391 e. The number of piperidine rings is 1. The Bertz CT molecular complexity index is 404. The van der Waals surface area contributed by atoms with Crippen LogP contribution in [0.2, 0.25) is 0 Å². The van der Waals surface area contributed by atoms with E-state index >= 15 is 0 Å². The van der Waals surface area contributed by atoms with Gasteiger partial charge in [0.05, 0.1) is 23.8 Å². The van der Waals surface area contributed by atoms with Crippen molar-refractivity contribution in [1.29, 1.82) is 0 Å². The molecule has 0 atom stereocenters. The second-order valence-corrected chi connectivity index (χ2v) is 6.71. The molecule has 0 bridgehead atoms. The Morgan fingerprint density at radius 1 is 1.50 bits per heavy atom. The van der Waals surface area contributed by atoms with Gasteiger partial charge in [-0.15, -0.1) is 0 Å². The zero-order valence-corrected chi connectivity index (χ0v) is 12.2. The molecule has 1 aromatic heterocycles. The van der Waals surface area contributed by atoms with Crippen LogP contribution >= 0.6 is 11.3 Å². The predicted molar refractivity (Wildman–Crippen MR) is 74.0 cm³/mol. The lowest BCUT2D eigenvalue weighted by molar-refractivity contribution is 0.179. The average molecular weight is 270 g/mol. The topological polar surface area (TPSA) is 45.6 Å². The van der Waals surface area contributed by atoms with Crippen molar-refractivity contribution in [2.45, 2.75) is 39.9 Å². The van der Waals surface area contributed by atoms with Crippen LogP contribution in [-0.4, -0.2) is 30.3 Å². The van der Waals surface area contributed by atoms with E-state index in [0.29, 0.717) is 12.0 Å². The number of nitrogens with zero attached hydrogens (tertiary/aromatic N) is 2. The van der Waals surface area contributed by atoms with E-state index < -0.39 is 0 Å². The van der Waals surface area contributed by atoms with Crippen molar-refractivity contribution in [2.75, 3.05) is 25.1 Å².